The highest BCUT2D eigenvalue weighted by molar-refractivity contribution is 5.99. The molecule has 0 saturated carbocycles. The lowest BCUT2D eigenvalue weighted by Crippen LogP contribution is -2.41. The maximum atomic E-state index is 11.7. The van der Waals surface area contributed by atoms with Crippen LogP contribution in [0.4, 0.5) is 0 Å². The summed E-state index contributed by atoms with van der Waals surface area (Å²) in [7, 11) is 2.18. The topological polar surface area (TPSA) is 41.6 Å². The van der Waals surface area contributed by atoms with Gasteiger partial charge in [-0.25, -0.2) is 0 Å². The average molecular weight is 258 g/mol. The number of nitrogens with one attached hydrogen (secondary N) is 1. The summed E-state index contributed by atoms with van der Waals surface area (Å²) in [6, 6.07) is 4.10. The molecule has 1 N–H and O–H groups in total. The van der Waals surface area contributed by atoms with E-state index in [1.54, 1.807) is 0 Å². The standard InChI is InChI=1S/C15H18N2O2/c1-17-6-4-15(5-7-17)9-19-13-11-8-16-14(18)10(11)2-3-12(13)15/h2-3H,4-9H2,1H3,(H,16,18). The van der Waals surface area contributed by atoms with E-state index in [1.807, 2.05) is 6.07 Å². The monoisotopic (exact) mass is 258 g/mol. The van der Waals surface area contributed by atoms with Gasteiger partial charge in [0, 0.05) is 28.7 Å². The minimum absolute atomic E-state index is 0.0331. The van der Waals surface area contributed by atoms with Crippen LogP contribution in [0.3, 0.4) is 0 Å². The van der Waals surface area contributed by atoms with Crippen LogP contribution in [0.25, 0.3) is 0 Å². The van der Waals surface area contributed by atoms with Crippen LogP contribution in [0.2, 0.25) is 0 Å². The Kier molecular flexibility index (Phi) is 2.22. The van der Waals surface area contributed by atoms with Gasteiger partial charge in [0.15, 0.2) is 0 Å². The van der Waals surface area contributed by atoms with Gasteiger partial charge >= 0.3 is 0 Å². The van der Waals surface area contributed by atoms with E-state index in [1.165, 1.54) is 5.56 Å². The lowest BCUT2D eigenvalue weighted by Gasteiger charge is -2.36. The Bertz CT molecular complexity index is 560. The third kappa shape index (κ3) is 1.46. The molecule has 0 unspecified atom stereocenters. The van der Waals surface area contributed by atoms with Crippen molar-refractivity contribution in [3.63, 3.8) is 0 Å². The Hall–Kier alpha value is -1.55. The molecule has 19 heavy (non-hydrogen) atoms. The normalized spacial score (nSPS) is 23.9. The van der Waals surface area contributed by atoms with Crippen molar-refractivity contribution in [1.29, 1.82) is 0 Å². The molecule has 100 valence electrons. The van der Waals surface area contributed by atoms with Gasteiger partial charge in [0.1, 0.15) is 5.75 Å². The van der Waals surface area contributed by atoms with Crippen LogP contribution in [0.1, 0.15) is 34.3 Å². The van der Waals surface area contributed by atoms with Crippen LogP contribution in [-0.2, 0) is 12.0 Å². The quantitative estimate of drug-likeness (QED) is 0.762. The molecule has 0 aromatic heterocycles. The van der Waals surface area contributed by atoms with Crippen molar-refractivity contribution in [2.75, 3.05) is 26.7 Å². The number of fused-ring (bicyclic) bond motifs is 4. The number of rotatable bonds is 0. The summed E-state index contributed by atoms with van der Waals surface area (Å²) in [5, 5.41) is 2.89. The minimum Gasteiger partial charge on any atom is -0.492 e. The zero-order valence-corrected chi connectivity index (χ0v) is 11.2. The first-order valence-electron chi connectivity index (χ1n) is 6.96. The molecule has 0 radical (unpaired) electrons. The zero-order valence-electron chi connectivity index (χ0n) is 11.2. The number of amides is 1. The molecule has 1 saturated heterocycles. The molecule has 4 nitrogen and oxygen atoms in total. The summed E-state index contributed by atoms with van der Waals surface area (Å²) < 4.78 is 6.01. The molecule has 1 amide bonds. The van der Waals surface area contributed by atoms with E-state index in [2.05, 4.69) is 23.3 Å². The number of piperidine rings is 1. The van der Waals surface area contributed by atoms with E-state index >= 15 is 0 Å². The highest BCUT2D eigenvalue weighted by Crippen LogP contribution is 2.48. The summed E-state index contributed by atoms with van der Waals surface area (Å²) in [6.07, 6.45) is 2.30. The smallest absolute Gasteiger partial charge is 0.252 e. The first kappa shape index (κ1) is 11.3. The van der Waals surface area contributed by atoms with Gasteiger partial charge in [-0.2, -0.15) is 0 Å². The van der Waals surface area contributed by atoms with Gasteiger partial charge < -0.3 is 15.0 Å². The maximum Gasteiger partial charge on any atom is 0.252 e. The van der Waals surface area contributed by atoms with E-state index in [0.717, 1.165) is 49.4 Å². The highest BCUT2D eigenvalue weighted by atomic mass is 16.5. The van der Waals surface area contributed by atoms with Crippen molar-refractivity contribution in [3.05, 3.63) is 28.8 Å². The Labute approximate surface area is 112 Å². The van der Waals surface area contributed by atoms with Crippen LogP contribution in [0.15, 0.2) is 12.1 Å². The number of carbonyl (C=O) groups excluding carboxylic acids is 1. The van der Waals surface area contributed by atoms with Crippen molar-refractivity contribution >= 4 is 5.91 Å². The Morgan fingerprint density at radius 2 is 2.11 bits per heavy atom. The van der Waals surface area contributed by atoms with E-state index in [0.29, 0.717) is 6.54 Å². The molecule has 0 aliphatic carbocycles. The number of carbonyl (C=O) groups is 1. The van der Waals surface area contributed by atoms with Gasteiger partial charge in [-0.15, -0.1) is 0 Å². The molecule has 3 aliphatic rings. The third-order valence-corrected chi connectivity index (χ3v) is 4.94. The second kappa shape index (κ2) is 3.73. The molecule has 3 heterocycles. The summed E-state index contributed by atoms with van der Waals surface area (Å²) in [4.78, 5) is 14.1. The number of likely N-dealkylation sites (tertiary alicyclic amines) is 1. The fraction of sp³-hybridized carbons (Fsp3) is 0.533. The van der Waals surface area contributed by atoms with Gasteiger partial charge in [-0.1, -0.05) is 6.07 Å². The van der Waals surface area contributed by atoms with Gasteiger partial charge in [0.05, 0.1) is 6.61 Å². The summed E-state index contributed by atoms with van der Waals surface area (Å²) >= 11 is 0. The first-order chi connectivity index (χ1) is 9.20. The fourth-order valence-corrected chi connectivity index (χ4v) is 3.61. The number of ether oxygens (including phenoxy) is 1. The van der Waals surface area contributed by atoms with Gasteiger partial charge in [-0.3, -0.25) is 4.79 Å². The Morgan fingerprint density at radius 3 is 2.89 bits per heavy atom. The van der Waals surface area contributed by atoms with E-state index in [-0.39, 0.29) is 11.3 Å². The summed E-state index contributed by atoms with van der Waals surface area (Å²) in [6.45, 7) is 3.64. The van der Waals surface area contributed by atoms with E-state index in [4.69, 9.17) is 4.74 Å². The fourth-order valence-electron chi connectivity index (χ4n) is 3.61. The van der Waals surface area contributed by atoms with Crippen molar-refractivity contribution in [2.45, 2.75) is 24.8 Å². The molecule has 0 bridgehead atoms. The molecule has 4 heteroatoms. The van der Waals surface area contributed by atoms with Crippen LogP contribution in [0, 0.1) is 0 Å². The Morgan fingerprint density at radius 1 is 1.32 bits per heavy atom. The van der Waals surface area contributed by atoms with E-state index < -0.39 is 0 Å². The Balaban J connectivity index is 1.79. The van der Waals surface area contributed by atoms with Crippen LogP contribution >= 0.6 is 0 Å². The largest absolute Gasteiger partial charge is 0.492 e. The van der Waals surface area contributed by atoms with Crippen LogP contribution in [-0.4, -0.2) is 37.6 Å². The van der Waals surface area contributed by atoms with Crippen molar-refractivity contribution in [2.24, 2.45) is 0 Å². The van der Waals surface area contributed by atoms with Crippen LogP contribution < -0.4 is 10.1 Å². The third-order valence-electron chi connectivity index (χ3n) is 4.94. The highest BCUT2D eigenvalue weighted by Gasteiger charge is 2.44. The average Bonchev–Trinajstić information content (AvgIpc) is 2.96. The molecule has 4 rings (SSSR count). The molecule has 1 spiro atoms. The lowest BCUT2D eigenvalue weighted by molar-refractivity contribution is 0.0965. The molecule has 3 aliphatic heterocycles. The molecule has 1 aromatic carbocycles. The number of benzene rings is 1. The van der Waals surface area contributed by atoms with Gasteiger partial charge in [-0.05, 0) is 39.0 Å². The number of nitrogens with zero attached hydrogens (tertiary/aromatic N) is 1. The van der Waals surface area contributed by atoms with Crippen molar-refractivity contribution in [3.8, 4) is 5.75 Å². The predicted octanol–water partition coefficient (Wildman–Crippen LogP) is 1.29. The van der Waals surface area contributed by atoms with Crippen molar-refractivity contribution in [1.82, 2.24) is 10.2 Å². The lowest BCUT2D eigenvalue weighted by atomic mass is 9.74. The molecule has 1 fully saturated rings. The number of hydrogen-bond donors (Lipinski definition) is 1. The zero-order chi connectivity index (χ0) is 13.0. The SMILES string of the molecule is CN1CCC2(CC1)COc1c2ccc2c1CNC2=O. The van der Waals surface area contributed by atoms with Crippen molar-refractivity contribution < 1.29 is 9.53 Å². The molecule has 0 atom stereocenters. The molecular formula is C15H18N2O2. The predicted molar refractivity (Wildman–Crippen MR) is 71.5 cm³/mol. The maximum absolute atomic E-state index is 11.7. The van der Waals surface area contributed by atoms with Crippen LogP contribution in [0.5, 0.6) is 5.75 Å². The van der Waals surface area contributed by atoms with Gasteiger partial charge in [0.2, 0.25) is 0 Å². The van der Waals surface area contributed by atoms with Gasteiger partial charge in [0.25, 0.3) is 5.91 Å². The second-order valence-electron chi connectivity index (χ2n) is 6.02. The minimum atomic E-state index is 0.0331. The molecule has 1 aromatic rings. The summed E-state index contributed by atoms with van der Waals surface area (Å²) in [5.41, 5.74) is 3.38. The molecular weight excluding hydrogens is 240 g/mol. The number of hydrogen-bond acceptors (Lipinski definition) is 3. The van der Waals surface area contributed by atoms with E-state index in [9.17, 15) is 4.79 Å². The second-order valence-corrected chi connectivity index (χ2v) is 6.02. The first-order valence-corrected chi connectivity index (χ1v) is 6.96. The summed E-state index contributed by atoms with van der Waals surface area (Å²) in [5.74, 6) is 1.02.